The molecule has 0 radical (unpaired) electrons. The average Bonchev–Trinajstić information content (AvgIpc) is 3.22. The molecular weight excluding hydrogens is 340 g/mol. The molecule has 0 bridgehead atoms. The topological polar surface area (TPSA) is 91.4 Å². The van der Waals surface area contributed by atoms with Gasteiger partial charge in [-0.15, -0.1) is 0 Å². The van der Waals surface area contributed by atoms with E-state index in [4.69, 9.17) is 0 Å². The van der Waals surface area contributed by atoms with E-state index in [0.29, 0.717) is 16.9 Å². The first-order chi connectivity index (χ1) is 12.0. The molecule has 2 N–H and O–H groups in total. The van der Waals surface area contributed by atoms with Crippen molar-refractivity contribution in [1.29, 1.82) is 0 Å². The minimum atomic E-state index is -3.73. The lowest BCUT2D eigenvalue weighted by molar-refractivity contribution is -0.115. The van der Waals surface area contributed by atoms with Crippen molar-refractivity contribution in [3.63, 3.8) is 0 Å². The number of hydrogen-bond acceptors (Lipinski definition) is 5. The van der Waals surface area contributed by atoms with Crippen LogP contribution in [-0.2, 0) is 21.2 Å². The molecule has 0 spiro atoms. The van der Waals surface area contributed by atoms with E-state index < -0.39 is 10.0 Å². The Balaban J connectivity index is 1.53. The number of nitrogens with zero attached hydrogens (tertiary/aromatic N) is 2. The van der Waals surface area contributed by atoms with Crippen LogP contribution in [0.4, 0.5) is 17.2 Å². The number of aromatic nitrogens is 1. The van der Waals surface area contributed by atoms with Crippen LogP contribution >= 0.6 is 0 Å². The predicted octanol–water partition coefficient (Wildman–Crippen LogP) is 1.98. The van der Waals surface area contributed by atoms with Gasteiger partial charge in [-0.1, -0.05) is 0 Å². The Morgan fingerprint density at radius 2 is 1.92 bits per heavy atom. The molecule has 1 aromatic heterocycles. The fourth-order valence-corrected chi connectivity index (χ4v) is 4.26. The molecule has 1 saturated heterocycles. The Labute approximate surface area is 146 Å². The standard InChI is InChI=1S/C17H18N4O3S/c22-17-10-12-9-14(4-5-15(12)19-17)25(23,24)20-13-3-6-16(18-11-13)21-7-1-2-8-21/h3-6,9,11,20H,1-2,7-8,10H2,(H,19,22). The molecule has 3 heterocycles. The molecule has 130 valence electrons. The molecule has 4 rings (SSSR count). The van der Waals surface area contributed by atoms with Gasteiger partial charge in [-0.05, 0) is 48.7 Å². The van der Waals surface area contributed by atoms with Crippen molar-refractivity contribution in [3.8, 4) is 0 Å². The molecule has 0 saturated carbocycles. The number of nitrogens with one attached hydrogen (secondary N) is 2. The van der Waals surface area contributed by atoms with Gasteiger partial charge in [-0.25, -0.2) is 13.4 Å². The van der Waals surface area contributed by atoms with Crippen molar-refractivity contribution in [2.45, 2.75) is 24.2 Å². The molecule has 2 aliphatic heterocycles. The third-order valence-electron chi connectivity index (χ3n) is 4.44. The van der Waals surface area contributed by atoms with Gasteiger partial charge in [-0.3, -0.25) is 9.52 Å². The normalized spacial score (nSPS) is 16.6. The molecule has 25 heavy (non-hydrogen) atoms. The number of hydrogen-bond donors (Lipinski definition) is 2. The molecule has 2 aliphatic rings. The number of sulfonamides is 1. The smallest absolute Gasteiger partial charge is 0.261 e. The van der Waals surface area contributed by atoms with E-state index in [1.54, 1.807) is 12.1 Å². The lowest BCUT2D eigenvalue weighted by atomic mass is 10.2. The van der Waals surface area contributed by atoms with Crippen LogP contribution in [0.15, 0.2) is 41.4 Å². The zero-order chi connectivity index (χ0) is 17.4. The van der Waals surface area contributed by atoms with E-state index in [1.165, 1.54) is 18.3 Å². The van der Waals surface area contributed by atoms with Crippen LogP contribution in [0.2, 0.25) is 0 Å². The van der Waals surface area contributed by atoms with Gasteiger partial charge in [-0.2, -0.15) is 0 Å². The second-order valence-electron chi connectivity index (χ2n) is 6.25. The van der Waals surface area contributed by atoms with Gasteiger partial charge in [0, 0.05) is 18.8 Å². The Hall–Kier alpha value is -2.61. The SMILES string of the molecule is O=C1Cc2cc(S(=O)(=O)Nc3ccc(N4CCCC4)nc3)ccc2N1. The lowest BCUT2D eigenvalue weighted by Crippen LogP contribution is -2.19. The van der Waals surface area contributed by atoms with Gasteiger partial charge >= 0.3 is 0 Å². The molecule has 0 aliphatic carbocycles. The fraction of sp³-hybridized carbons (Fsp3) is 0.294. The first-order valence-corrected chi connectivity index (χ1v) is 9.66. The summed E-state index contributed by atoms with van der Waals surface area (Å²) in [5.41, 5.74) is 1.77. The van der Waals surface area contributed by atoms with E-state index in [0.717, 1.165) is 31.7 Å². The third-order valence-corrected chi connectivity index (χ3v) is 5.82. The molecular formula is C17H18N4O3S. The summed E-state index contributed by atoms with van der Waals surface area (Å²) in [4.78, 5) is 18.1. The van der Waals surface area contributed by atoms with E-state index in [9.17, 15) is 13.2 Å². The summed E-state index contributed by atoms with van der Waals surface area (Å²) in [6.07, 6.45) is 4.05. The average molecular weight is 358 g/mol. The monoisotopic (exact) mass is 358 g/mol. The molecule has 8 heteroatoms. The highest BCUT2D eigenvalue weighted by Crippen LogP contribution is 2.27. The van der Waals surface area contributed by atoms with Crippen LogP contribution in [0.5, 0.6) is 0 Å². The van der Waals surface area contributed by atoms with E-state index in [1.807, 2.05) is 6.07 Å². The van der Waals surface area contributed by atoms with Crippen molar-refractivity contribution in [2.24, 2.45) is 0 Å². The molecule has 1 aromatic carbocycles. The van der Waals surface area contributed by atoms with Gasteiger partial charge < -0.3 is 10.2 Å². The van der Waals surface area contributed by atoms with Crippen molar-refractivity contribution < 1.29 is 13.2 Å². The van der Waals surface area contributed by atoms with Crippen LogP contribution in [0.1, 0.15) is 18.4 Å². The second-order valence-corrected chi connectivity index (χ2v) is 7.93. The number of rotatable bonds is 4. The third kappa shape index (κ3) is 3.17. The molecule has 1 fully saturated rings. The second kappa shape index (κ2) is 6.03. The summed E-state index contributed by atoms with van der Waals surface area (Å²) in [7, 11) is -3.73. The summed E-state index contributed by atoms with van der Waals surface area (Å²) < 4.78 is 27.7. The Kier molecular flexibility index (Phi) is 3.84. The van der Waals surface area contributed by atoms with Crippen LogP contribution in [0, 0.1) is 0 Å². The maximum atomic E-state index is 12.6. The van der Waals surface area contributed by atoms with Crippen molar-refractivity contribution >= 4 is 33.1 Å². The van der Waals surface area contributed by atoms with Crippen LogP contribution in [-0.4, -0.2) is 32.4 Å². The highest BCUT2D eigenvalue weighted by atomic mass is 32.2. The molecule has 2 aromatic rings. The lowest BCUT2D eigenvalue weighted by Gasteiger charge is -2.16. The number of amides is 1. The van der Waals surface area contributed by atoms with Gasteiger partial charge in [0.15, 0.2) is 0 Å². The Morgan fingerprint density at radius 1 is 1.12 bits per heavy atom. The number of carbonyl (C=O) groups is 1. The van der Waals surface area contributed by atoms with Crippen LogP contribution in [0.3, 0.4) is 0 Å². The first kappa shape index (κ1) is 15.9. The number of carbonyl (C=O) groups excluding carboxylic acids is 1. The summed E-state index contributed by atoms with van der Waals surface area (Å²) in [5.74, 6) is 0.738. The summed E-state index contributed by atoms with van der Waals surface area (Å²) in [6.45, 7) is 1.97. The van der Waals surface area contributed by atoms with Crippen LogP contribution < -0.4 is 14.9 Å². The predicted molar refractivity (Wildman–Crippen MR) is 95.3 cm³/mol. The quantitative estimate of drug-likeness (QED) is 0.872. The summed E-state index contributed by atoms with van der Waals surface area (Å²) in [6, 6.07) is 8.18. The highest BCUT2D eigenvalue weighted by molar-refractivity contribution is 7.92. The fourth-order valence-electron chi connectivity index (χ4n) is 3.17. The zero-order valence-corrected chi connectivity index (χ0v) is 14.3. The van der Waals surface area contributed by atoms with E-state index >= 15 is 0 Å². The largest absolute Gasteiger partial charge is 0.357 e. The van der Waals surface area contributed by atoms with Crippen molar-refractivity contribution in [3.05, 3.63) is 42.1 Å². The van der Waals surface area contributed by atoms with Gasteiger partial charge in [0.2, 0.25) is 5.91 Å². The summed E-state index contributed by atoms with van der Waals surface area (Å²) in [5, 5.41) is 2.69. The van der Waals surface area contributed by atoms with Crippen molar-refractivity contribution in [1.82, 2.24) is 4.98 Å². The van der Waals surface area contributed by atoms with Crippen LogP contribution in [0.25, 0.3) is 0 Å². The molecule has 7 nitrogen and oxygen atoms in total. The number of anilines is 3. The van der Waals surface area contributed by atoms with Crippen molar-refractivity contribution in [2.75, 3.05) is 28.0 Å². The Bertz CT molecular complexity index is 919. The Morgan fingerprint density at radius 3 is 2.64 bits per heavy atom. The molecule has 0 atom stereocenters. The maximum absolute atomic E-state index is 12.6. The summed E-state index contributed by atoms with van der Waals surface area (Å²) >= 11 is 0. The minimum absolute atomic E-state index is 0.126. The van der Waals surface area contributed by atoms with Gasteiger partial charge in [0.25, 0.3) is 10.0 Å². The number of fused-ring (bicyclic) bond motifs is 1. The minimum Gasteiger partial charge on any atom is -0.357 e. The molecule has 1 amide bonds. The van der Waals surface area contributed by atoms with E-state index in [2.05, 4.69) is 19.9 Å². The number of pyridine rings is 1. The highest BCUT2D eigenvalue weighted by Gasteiger charge is 2.22. The van der Waals surface area contributed by atoms with Gasteiger partial charge in [0.1, 0.15) is 5.82 Å². The molecule has 0 unspecified atom stereocenters. The first-order valence-electron chi connectivity index (χ1n) is 8.18. The van der Waals surface area contributed by atoms with E-state index in [-0.39, 0.29) is 17.2 Å². The maximum Gasteiger partial charge on any atom is 0.261 e. The zero-order valence-electron chi connectivity index (χ0n) is 13.5. The number of benzene rings is 1. The van der Waals surface area contributed by atoms with Gasteiger partial charge in [0.05, 0.1) is 23.2 Å².